The van der Waals surface area contributed by atoms with Gasteiger partial charge in [-0.2, -0.15) is 0 Å². The van der Waals surface area contributed by atoms with Gasteiger partial charge < -0.3 is 9.72 Å². The highest BCUT2D eigenvalue weighted by Crippen LogP contribution is 2.22. The van der Waals surface area contributed by atoms with Gasteiger partial charge in [-0.25, -0.2) is 0 Å². The number of hydrogen-bond acceptors (Lipinski definition) is 2. The highest BCUT2D eigenvalue weighted by atomic mass is 35.5. The maximum absolute atomic E-state index is 11.2. The number of fused-ring (bicyclic) bond motifs is 1. The molecule has 1 aromatic heterocycles. The number of aromatic nitrogens is 1. The fourth-order valence-corrected chi connectivity index (χ4v) is 1.85. The first-order chi connectivity index (χ1) is 8.31. The molecule has 0 spiro atoms. The van der Waals surface area contributed by atoms with E-state index in [1.807, 2.05) is 18.2 Å². The Morgan fingerprint density at radius 2 is 2.06 bits per heavy atom. The fourth-order valence-electron chi connectivity index (χ4n) is 1.66. The topological polar surface area (TPSA) is 42.1 Å². The molecule has 0 bridgehead atoms. The van der Waals surface area contributed by atoms with Crippen LogP contribution in [0.3, 0.4) is 0 Å². The summed E-state index contributed by atoms with van der Waals surface area (Å²) in [6.07, 6.45) is 1.88. The van der Waals surface area contributed by atoms with Crippen molar-refractivity contribution >= 4 is 22.5 Å². The maximum atomic E-state index is 11.2. The summed E-state index contributed by atoms with van der Waals surface area (Å²) in [5, 5.41) is 0.929. The van der Waals surface area contributed by atoms with Crippen molar-refractivity contribution in [3.05, 3.63) is 40.7 Å². The van der Waals surface area contributed by atoms with Crippen molar-refractivity contribution in [1.29, 1.82) is 0 Å². The van der Waals surface area contributed by atoms with E-state index in [2.05, 4.69) is 4.98 Å². The molecule has 0 aliphatic heterocycles. The summed E-state index contributed by atoms with van der Waals surface area (Å²) < 4.78 is 5.68. The number of alkyl halides is 1. The van der Waals surface area contributed by atoms with Gasteiger partial charge in [0.05, 0.1) is 12.1 Å². The molecule has 2 aromatic rings. The van der Waals surface area contributed by atoms with Gasteiger partial charge in [0.15, 0.2) is 0 Å². The number of hydrogen-bond donors (Lipinski definition) is 1. The standard InChI is InChI=1S/C13H14ClNO2/c14-8-1-2-9-17-12-5-3-4-11-10(12)6-7-13(16)15-11/h3-7H,1-2,8-9H2,(H,15,16). The van der Waals surface area contributed by atoms with E-state index in [9.17, 15) is 4.79 Å². The van der Waals surface area contributed by atoms with Gasteiger partial charge >= 0.3 is 0 Å². The zero-order valence-corrected chi connectivity index (χ0v) is 10.2. The van der Waals surface area contributed by atoms with E-state index >= 15 is 0 Å². The molecule has 3 nitrogen and oxygen atoms in total. The minimum Gasteiger partial charge on any atom is -0.493 e. The third kappa shape index (κ3) is 3.01. The molecule has 90 valence electrons. The van der Waals surface area contributed by atoms with Crippen LogP contribution < -0.4 is 10.3 Å². The smallest absolute Gasteiger partial charge is 0.248 e. The van der Waals surface area contributed by atoms with Gasteiger partial charge in [-0.1, -0.05) is 6.07 Å². The Hall–Kier alpha value is -1.48. The summed E-state index contributed by atoms with van der Waals surface area (Å²) >= 11 is 5.60. The molecule has 2 rings (SSSR count). The molecule has 0 unspecified atom stereocenters. The van der Waals surface area contributed by atoms with Crippen LogP contribution in [0.4, 0.5) is 0 Å². The predicted octanol–water partition coefficient (Wildman–Crippen LogP) is 2.93. The van der Waals surface area contributed by atoms with Crippen LogP contribution in [0.2, 0.25) is 0 Å². The van der Waals surface area contributed by atoms with Crippen LogP contribution in [0, 0.1) is 0 Å². The van der Waals surface area contributed by atoms with E-state index in [0.717, 1.165) is 29.5 Å². The van der Waals surface area contributed by atoms with Gasteiger partial charge in [-0.3, -0.25) is 4.79 Å². The first kappa shape index (κ1) is 12.0. The lowest BCUT2D eigenvalue weighted by atomic mass is 10.2. The largest absolute Gasteiger partial charge is 0.493 e. The monoisotopic (exact) mass is 251 g/mol. The Kier molecular flexibility index (Phi) is 4.04. The molecule has 1 N–H and O–H groups in total. The zero-order chi connectivity index (χ0) is 12.1. The van der Waals surface area contributed by atoms with Gasteiger partial charge in [-0.05, 0) is 31.0 Å². The van der Waals surface area contributed by atoms with Crippen LogP contribution in [0.5, 0.6) is 5.75 Å². The second-order valence-corrected chi connectivity index (χ2v) is 4.16. The quantitative estimate of drug-likeness (QED) is 0.656. The highest BCUT2D eigenvalue weighted by molar-refractivity contribution is 6.17. The lowest BCUT2D eigenvalue weighted by molar-refractivity contribution is 0.313. The molecular formula is C13H14ClNO2. The normalized spacial score (nSPS) is 10.6. The Balaban J connectivity index is 2.19. The van der Waals surface area contributed by atoms with E-state index in [0.29, 0.717) is 12.5 Å². The average Bonchev–Trinajstić information content (AvgIpc) is 2.34. The lowest BCUT2D eigenvalue weighted by Gasteiger charge is -2.08. The molecule has 0 aliphatic carbocycles. The molecule has 0 atom stereocenters. The number of ether oxygens (including phenoxy) is 1. The lowest BCUT2D eigenvalue weighted by Crippen LogP contribution is -2.04. The molecule has 4 heteroatoms. The summed E-state index contributed by atoms with van der Waals surface area (Å²) in [5.41, 5.74) is 0.698. The molecule has 1 aromatic carbocycles. The van der Waals surface area contributed by atoms with Crippen LogP contribution in [0.15, 0.2) is 35.1 Å². The molecule has 1 heterocycles. The molecule has 0 radical (unpaired) electrons. The van der Waals surface area contributed by atoms with Crippen LogP contribution in [-0.4, -0.2) is 17.5 Å². The Labute approximate surface area is 104 Å². The number of H-pyrrole nitrogens is 1. The van der Waals surface area contributed by atoms with Gasteiger partial charge in [-0.15, -0.1) is 11.6 Å². The second-order valence-electron chi connectivity index (χ2n) is 3.78. The molecule has 0 amide bonds. The van der Waals surface area contributed by atoms with Crippen LogP contribution in [0.25, 0.3) is 10.9 Å². The molecule has 0 fully saturated rings. The number of unbranched alkanes of at least 4 members (excludes halogenated alkanes) is 1. The second kappa shape index (κ2) is 5.73. The van der Waals surface area contributed by atoms with Crippen molar-refractivity contribution in [2.24, 2.45) is 0 Å². The number of benzene rings is 1. The summed E-state index contributed by atoms with van der Waals surface area (Å²) in [5.74, 6) is 1.46. The summed E-state index contributed by atoms with van der Waals surface area (Å²) in [7, 11) is 0. The van der Waals surface area contributed by atoms with Gasteiger partial charge in [0.1, 0.15) is 5.75 Å². The summed E-state index contributed by atoms with van der Waals surface area (Å²) in [6, 6.07) is 8.93. The number of pyridine rings is 1. The number of aromatic amines is 1. The SMILES string of the molecule is O=c1ccc2c(OCCCCCl)cccc2[nH]1. The zero-order valence-electron chi connectivity index (χ0n) is 9.41. The van der Waals surface area contributed by atoms with E-state index in [-0.39, 0.29) is 5.56 Å². The highest BCUT2D eigenvalue weighted by Gasteiger charge is 2.02. The number of rotatable bonds is 5. The molecule has 0 saturated heterocycles. The van der Waals surface area contributed by atoms with Crippen LogP contribution in [0.1, 0.15) is 12.8 Å². The van der Waals surface area contributed by atoms with Crippen molar-refractivity contribution in [3.8, 4) is 5.75 Å². The fraction of sp³-hybridized carbons (Fsp3) is 0.308. The van der Waals surface area contributed by atoms with Crippen molar-refractivity contribution in [1.82, 2.24) is 4.98 Å². The average molecular weight is 252 g/mol. The van der Waals surface area contributed by atoms with E-state index < -0.39 is 0 Å². The van der Waals surface area contributed by atoms with Crippen molar-refractivity contribution in [2.45, 2.75) is 12.8 Å². The molecule has 0 saturated carbocycles. The minimum atomic E-state index is -0.100. The number of nitrogens with one attached hydrogen (secondary N) is 1. The first-order valence-electron chi connectivity index (χ1n) is 5.62. The van der Waals surface area contributed by atoms with E-state index in [1.54, 1.807) is 6.07 Å². The van der Waals surface area contributed by atoms with E-state index in [1.165, 1.54) is 6.07 Å². The van der Waals surface area contributed by atoms with Crippen molar-refractivity contribution in [3.63, 3.8) is 0 Å². The minimum absolute atomic E-state index is 0.100. The van der Waals surface area contributed by atoms with Crippen molar-refractivity contribution < 1.29 is 4.74 Å². The van der Waals surface area contributed by atoms with Crippen molar-refractivity contribution in [2.75, 3.05) is 12.5 Å². The maximum Gasteiger partial charge on any atom is 0.248 e. The van der Waals surface area contributed by atoms with Crippen LogP contribution in [-0.2, 0) is 0 Å². The van der Waals surface area contributed by atoms with Gasteiger partial charge in [0.2, 0.25) is 5.56 Å². The predicted molar refractivity (Wildman–Crippen MR) is 70.0 cm³/mol. The Morgan fingerprint density at radius 3 is 2.88 bits per heavy atom. The molecule has 0 aliphatic rings. The Morgan fingerprint density at radius 1 is 1.18 bits per heavy atom. The van der Waals surface area contributed by atoms with Crippen LogP contribution >= 0.6 is 11.6 Å². The van der Waals surface area contributed by atoms with E-state index in [4.69, 9.17) is 16.3 Å². The Bertz CT molecular complexity index is 550. The molecule has 17 heavy (non-hydrogen) atoms. The molecular weight excluding hydrogens is 238 g/mol. The third-order valence-corrected chi connectivity index (χ3v) is 2.78. The summed E-state index contributed by atoms with van der Waals surface area (Å²) in [6.45, 7) is 0.644. The van der Waals surface area contributed by atoms with Gasteiger partial charge in [0, 0.05) is 17.3 Å². The summed E-state index contributed by atoms with van der Waals surface area (Å²) in [4.78, 5) is 14.0. The first-order valence-corrected chi connectivity index (χ1v) is 6.15. The number of halogens is 1. The third-order valence-electron chi connectivity index (χ3n) is 2.51. The van der Waals surface area contributed by atoms with Gasteiger partial charge in [0.25, 0.3) is 0 Å².